The first-order valence-corrected chi connectivity index (χ1v) is 6.75. The molecule has 0 radical (unpaired) electrons. The van der Waals surface area contributed by atoms with Gasteiger partial charge in [-0.25, -0.2) is 4.98 Å². The molecule has 2 N–H and O–H groups in total. The van der Waals surface area contributed by atoms with Crippen LogP contribution >= 0.6 is 11.6 Å². The summed E-state index contributed by atoms with van der Waals surface area (Å²) in [5, 5.41) is 0.261. The van der Waals surface area contributed by atoms with Crippen molar-refractivity contribution in [2.75, 3.05) is 19.8 Å². The molecule has 1 atom stereocenters. The highest BCUT2D eigenvalue weighted by Gasteiger charge is 2.32. The van der Waals surface area contributed by atoms with Gasteiger partial charge in [0.1, 0.15) is 11.2 Å². The molecule has 6 nitrogen and oxygen atoms in total. The molecule has 0 spiro atoms. The molecule has 0 aliphatic carbocycles. The summed E-state index contributed by atoms with van der Waals surface area (Å²) in [6.07, 6.45) is 0.670. The van der Waals surface area contributed by atoms with Gasteiger partial charge in [-0.15, -0.1) is 0 Å². The Morgan fingerprint density at radius 3 is 2.95 bits per heavy atom. The van der Waals surface area contributed by atoms with Crippen LogP contribution in [0.25, 0.3) is 0 Å². The highest BCUT2D eigenvalue weighted by atomic mass is 35.5. The van der Waals surface area contributed by atoms with Crippen molar-refractivity contribution in [2.45, 2.75) is 19.4 Å². The number of halogens is 1. The van der Waals surface area contributed by atoms with Gasteiger partial charge in [-0.3, -0.25) is 9.59 Å². The van der Waals surface area contributed by atoms with Gasteiger partial charge in [0.15, 0.2) is 0 Å². The van der Waals surface area contributed by atoms with E-state index in [1.807, 2.05) is 6.92 Å². The maximum Gasteiger partial charge on any atom is 0.254 e. The zero-order valence-electron chi connectivity index (χ0n) is 11.1. The second kappa shape index (κ2) is 6.19. The largest absolute Gasteiger partial charge is 0.377 e. The molecule has 1 unspecified atom stereocenters. The maximum atomic E-state index is 12.5. The van der Waals surface area contributed by atoms with Crippen LogP contribution in [0.5, 0.6) is 0 Å². The predicted octanol–water partition coefficient (Wildman–Crippen LogP) is 0.624. The van der Waals surface area contributed by atoms with Gasteiger partial charge in [-0.2, -0.15) is 0 Å². The fourth-order valence-corrected chi connectivity index (χ4v) is 2.33. The van der Waals surface area contributed by atoms with Crippen LogP contribution in [0, 0.1) is 0 Å². The molecule has 1 saturated heterocycles. The van der Waals surface area contributed by atoms with Gasteiger partial charge in [0, 0.05) is 17.8 Å². The summed E-state index contributed by atoms with van der Waals surface area (Å²) in [6.45, 7) is 2.76. The Morgan fingerprint density at radius 2 is 2.30 bits per heavy atom. The van der Waals surface area contributed by atoms with Crippen LogP contribution in [0.1, 0.15) is 23.0 Å². The summed E-state index contributed by atoms with van der Waals surface area (Å²) in [5.41, 5.74) is 6.45. The first-order valence-electron chi connectivity index (χ1n) is 6.37. The van der Waals surface area contributed by atoms with Crippen molar-refractivity contribution in [2.24, 2.45) is 5.73 Å². The number of carbonyl (C=O) groups excluding carboxylic acids is 2. The van der Waals surface area contributed by atoms with Crippen molar-refractivity contribution in [1.82, 2.24) is 9.88 Å². The molecule has 108 valence electrons. The van der Waals surface area contributed by atoms with Gasteiger partial charge in [-0.05, 0) is 18.6 Å². The number of carbonyl (C=O) groups is 2. The van der Waals surface area contributed by atoms with Crippen LogP contribution in [0.3, 0.4) is 0 Å². The summed E-state index contributed by atoms with van der Waals surface area (Å²) in [6, 6.07) is 2.44. The van der Waals surface area contributed by atoms with Crippen molar-refractivity contribution in [3.8, 4) is 0 Å². The Hall–Kier alpha value is -1.66. The van der Waals surface area contributed by atoms with E-state index in [0.29, 0.717) is 25.1 Å². The normalized spacial score (nSPS) is 18.9. The number of nitrogens with zero attached hydrogens (tertiary/aromatic N) is 2. The summed E-state index contributed by atoms with van der Waals surface area (Å²) >= 11 is 5.91. The van der Waals surface area contributed by atoms with Gasteiger partial charge in [0.05, 0.1) is 13.2 Å². The minimum atomic E-state index is -0.742. The van der Waals surface area contributed by atoms with Crippen LogP contribution in [0.15, 0.2) is 12.1 Å². The third-order valence-corrected chi connectivity index (χ3v) is 3.37. The van der Waals surface area contributed by atoms with Crippen LogP contribution < -0.4 is 5.73 Å². The van der Waals surface area contributed by atoms with Gasteiger partial charge in [-0.1, -0.05) is 18.5 Å². The average Bonchev–Trinajstić information content (AvgIpc) is 2.45. The summed E-state index contributed by atoms with van der Waals surface area (Å²) in [5.74, 6) is -0.856. The first-order chi connectivity index (χ1) is 9.52. The molecule has 2 heterocycles. The maximum absolute atomic E-state index is 12.5. The number of primary amides is 1. The van der Waals surface area contributed by atoms with Gasteiger partial charge in [0.2, 0.25) is 5.91 Å². The minimum Gasteiger partial charge on any atom is -0.377 e. The number of hydrogen-bond donors (Lipinski definition) is 1. The lowest BCUT2D eigenvalue weighted by molar-refractivity contribution is -0.127. The van der Waals surface area contributed by atoms with E-state index in [1.54, 1.807) is 6.07 Å². The number of morpholine rings is 1. The van der Waals surface area contributed by atoms with Crippen molar-refractivity contribution in [3.05, 3.63) is 28.5 Å². The smallest absolute Gasteiger partial charge is 0.254 e. The van der Waals surface area contributed by atoms with E-state index < -0.39 is 11.9 Å². The number of ether oxygens (including phenoxy) is 1. The van der Waals surface area contributed by atoms with Gasteiger partial charge >= 0.3 is 0 Å². The molecule has 0 aromatic carbocycles. The van der Waals surface area contributed by atoms with Crippen molar-refractivity contribution >= 4 is 23.4 Å². The number of amides is 2. The molecule has 1 fully saturated rings. The lowest BCUT2D eigenvalue weighted by Crippen LogP contribution is -2.54. The SMILES string of the molecule is CCc1cc(C(=O)N2CCOCC2C(N)=O)cc(Cl)n1. The topological polar surface area (TPSA) is 85.5 Å². The van der Waals surface area contributed by atoms with Gasteiger partial charge in [0.25, 0.3) is 5.91 Å². The molecule has 0 bridgehead atoms. The predicted molar refractivity (Wildman–Crippen MR) is 73.5 cm³/mol. The van der Waals surface area contributed by atoms with Crippen LogP contribution in [0.4, 0.5) is 0 Å². The third-order valence-electron chi connectivity index (χ3n) is 3.17. The summed E-state index contributed by atoms with van der Waals surface area (Å²) < 4.78 is 5.20. The molecular weight excluding hydrogens is 282 g/mol. The first kappa shape index (κ1) is 14.7. The van der Waals surface area contributed by atoms with Crippen LogP contribution in [-0.4, -0.2) is 47.5 Å². The number of pyridine rings is 1. The van der Waals surface area contributed by atoms with Crippen molar-refractivity contribution in [1.29, 1.82) is 0 Å². The Kier molecular flexibility index (Phi) is 4.57. The lowest BCUT2D eigenvalue weighted by Gasteiger charge is -2.33. The van der Waals surface area contributed by atoms with E-state index in [9.17, 15) is 9.59 Å². The molecule has 1 aromatic heterocycles. The molecule has 20 heavy (non-hydrogen) atoms. The molecule has 1 aliphatic heterocycles. The molecule has 7 heteroatoms. The highest BCUT2D eigenvalue weighted by molar-refractivity contribution is 6.29. The Balaban J connectivity index is 2.29. The molecular formula is C13H16ClN3O3. The molecule has 1 aromatic rings. The Bertz CT molecular complexity index is 536. The van der Waals surface area contributed by atoms with Gasteiger partial charge < -0.3 is 15.4 Å². The quantitative estimate of drug-likeness (QED) is 0.829. The fourth-order valence-electron chi connectivity index (χ4n) is 2.10. The number of nitrogens with two attached hydrogens (primary N) is 1. The second-order valence-electron chi connectivity index (χ2n) is 4.52. The van der Waals surface area contributed by atoms with Crippen LogP contribution in [0.2, 0.25) is 5.15 Å². The van der Waals surface area contributed by atoms with E-state index in [1.165, 1.54) is 11.0 Å². The standard InChI is InChI=1S/C13H16ClN3O3/c1-2-9-5-8(6-11(14)16-9)13(19)17-3-4-20-7-10(17)12(15)18/h5-6,10H,2-4,7H2,1H3,(H2,15,18). The average molecular weight is 298 g/mol. The Morgan fingerprint density at radius 1 is 1.55 bits per heavy atom. The van der Waals surface area contributed by atoms with E-state index in [-0.39, 0.29) is 17.7 Å². The summed E-state index contributed by atoms with van der Waals surface area (Å²) in [4.78, 5) is 29.5. The second-order valence-corrected chi connectivity index (χ2v) is 4.90. The molecule has 2 rings (SSSR count). The summed E-state index contributed by atoms with van der Waals surface area (Å²) in [7, 11) is 0. The van der Waals surface area contributed by atoms with E-state index >= 15 is 0 Å². The number of aryl methyl sites for hydroxylation is 1. The highest BCUT2D eigenvalue weighted by Crippen LogP contribution is 2.16. The monoisotopic (exact) mass is 297 g/mol. The van der Waals surface area contributed by atoms with Crippen molar-refractivity contribution < 1.29 is 14.3 Å². The molecule has 1 aliphatic rings. The number of aromatic nitrogens is 1. The zero-order chi connectivity index (χ0) is 14.7. The number of hydrogen-bond acceptors (Lipinski definition) is 4. The lowest BCUT2D eigenvalue weighted by atomic mass is 10.1. The van der Waals surface area contributed by atoms with Crippen molar-refractivity contribution in [3.63, 3.8) is 0 Å². The van der Waals surface area contributed by atoms with Crippen LogP contribution in [-0.2, 0) is 16.0 Å². The zero-order valence-corrected chi connectivity index (χ0v) is 11.9. The Labute approximate surface area is 121 Å². The van der Waals surface area contributed by atoms with E-state index in [4.69, 9.17) is 22.1 Å². The minimum absolute atomic E-state index is 0.126. The number of rotatable bonds is 3. The molecule has 0 saturated carbocycles. The van der Waals surface area contributed by atoms with E-state index in [2.05, 4.69) is 4.98 Å². The molecule has 2 amide bonds. The van der Waals surface area contributed by atoms with E-state index in [0.717, 1.165) is 5.69 Å². The fraction of sp³-hybridized carbons (Fsp3) is 0.462. The third kappa shape index (κ3) is 3.08.